The summed E-state index contributed by atoms with van der Waals surface area (Å²) in [6.07, 6.45) is 0.489. The van der Waals surface area contributed by atoms with Crippen molar-refractivity contribution in [1.82, 2.24) is 16.0 Å². The first-order valence-electron chi connectivity index (χ1n) is 8.11. The molecule has 3 amide bonds. The summed E-state index contributed by atoms with van der Waals surface area (Å²) in [4.78, 5) is 50.7. The van der Waals surface area contributed by atoms with Crippen LogP contribution in [0.4, 0.5) is 0 Å². The van der Waals surface area contributed by atoms with Crippen molar-refractivity contribution < 1.29 is 24.3 Å². The zero-order valence-electron chi connectivity index (χ0n) is 15.0. The minimum absolute atomic E-state index is 0.112. The van der Waals surface area contributed by atoms with E-state index >= 15 is 0 Å². The molecule has 13 heteroatoms. The number of hydrogen-bond acceptors (Lipinski definition) is 7. The summed E-state index contributed by atoms with van der Waals surface area (Å²) in [6, 6.07) is -3.20. The maximum Gasteiger partial charge on any atom is 0.327 e. The van der Waals surface area contributed by atoms with Crippen LogP contribution in [0.1, 0.15) is 19.8 Å². The van der Waals surface area contributed by atoms with E-state index in [9.17, 15) is 19.2 Å². The normalized spacial score (nSPS) is 13.6. The molecule has 3 atom stereocenters. The van der Waals surface area contributed by atoms with Gasteiger partial charge in [-0.2, -0.15) is 12.6 Å². The number of hydrogen-bond donors (Lipinski definition) is 8. The average molecular weight is 405 g/mol. The second kappa shape index (κ2) is 12.8. The number of carboxylic acids is 1. The van der Waals surface area contributed by atoms with E-state index in [-0.39, 0.29) is 31.2 Å². The van der Waals surface area contributed by atoms with Gasteiger partial charge in [0.05, 0.1) is 6.54 Å². The van der Waals surface area contributed by atoms with Crippen molar-refractivity contribution >= 4 is 42.3 Å². The highest BCUT2D eigenvalue weighted by Crippen LogP contribution is 2.01. The number of carbonyl (C=O) groups excluding carboxylic acids is 3. The van der Waals surface area contributed by atoms with Gasteiger partial charge in [0.2, 0.25) is 17.7 Å². The number of rotatable bonds is 12. The zero-order chi connectivity index (χ0) is 21.0. The molecule has 0 heterocycles. The average Bonchev–Trinajstić information content (AvgIpc) is 2.60. The highest BCUT2D eigenvalue weighted by molar-refractivity contribution is 7.80. The van der Waals surface area contributed by atoms with Gasteiger partial charge in [-0.1, -0.05) is 0 Å². The fourth-order valence-corrected chi connectivity index (χ4v) is 2.14. The Hall–Kier alpha value is -2.54. The fraction of sp³-hybridized carbons (Fsp3) is 0.643. The van der Waals surface area contributed by atoms with Crippen molar-refractivity contribution in [3.8, 4) is 0 Å². The van der Waals surface area contributed by atoms with E-state index < -0.39 is 41.8 Å². The lowest BCUT2D eigenvalue weighted by atomic mass is 10.1. The molecule has 0 bridgehead atoms. The van der Waals surface area contributed by atoms with Crippen molar-refractivity contribution in [2.24, 2.45) is 22.2 Å². The van der Waals surface area contributed by atoms with Crippen LogP contribution in [-0.4, -0.2) is 71.7 Å². The molecule has 0 rings (SSSR count). The van der Waals surface area contributed by atoms with Gasteiger partial charge in [-0.05, 0) is 19.8 Å². The number of thiol groups is 1. The summed E-state index contributed by atoms with van der Waals surface area (Å²) in [7, 11) is 0. The number of amides is 3. The highest BCUT2D eigenvalue weighted by Gasteiger charge is 2.27. The van der Waals surface area contributed by atoms with Gasteiger partial charge in [0.1, 0.15) is 18.1 Å². The lowest BCUT2D eigenvalue weighted by Gasteiger charge is -2.22. The van der Waals surface area contributed by atoms with E-state index in [0.717, 1.165) is 0 Å². The Bertz CT molecular complexity index is 568. The van der Waals surface area contributed by atoms with Crippen LogP contribution in [0.25, 0.3) is 0 Å². The van der Waals surface area contributed by atoms with Gasteiger partial charge in [0, 0.05) is 12.3 Å². The second-order valence-corrected chi connectivity index (χ2v) is 5.95. The van der Waals surface area contributed by atoms with Crippen molar-refractivity contribution in [3.05, 3.63) is 0 Å². The number of guanidine groups is 1. The summed E-state index contributed by atoms with van der Waals surface area (Å²) in [5, 5.41) is 16.1. The van der Waals surface area contributed by atoms with Crippen LogP contribution in [0.15, 0.2) is 4.99 Å². The van der Waals surface area contributed by atoms with Crippen LogP contribution in [0.5, 0.6) is 0 Å². The first-order valence-corrected chi connectivity index (χ1v) is 8.74. The van der Waals surface area contributed by atoms with Gasteiger partial charge in [0.15, 0.2) is 5.96 Å². The van der Waals surface area contributed by atoms with Gasteiger partial charge in [-0.25, -0.2) is 4.79 Å². The molecule has 0 aliphatic heterocycles. The quantitative estimate of drug-likeness (QED) is 0.0703. The summed E-state index contributed by atoms with van der Waals surface area (Å²) in [6.45, 7) is 1.35. The molecule has 10 N–H and O–H groups in total. The summed E-state index contributed by atoms with van der Waals surface area (Å²) in [5.74, 6) is -3.36. The van der Waals surface area contributed by atoms with Crippen LogP contribution in [0, 0.1) is 0 Å². The Morgan fingerprint density at radius 3 is 2.15 bits per heavy atom. The van der Waals surface area contributed by atoms with Gasteiger partial charge < -0.3 is 38.3 Å². The molecule has 0 spiro atoms. The van der Waals surface area contributed by atoms with E-state index in [1.54, 1.807) is 0 Å². The number of carbonyl (C=O) groups is 4. The lowest BCUT2D eigenvalue weighted by Crippen LogP contribution is -2.55. The molecule has 0 aliphatic carbocycles. The van der Waals surface area contributed by atoms with Crippen LogP contribution in [0.3, 0.4) is 0 Å². The predicted molar refractivity (Wildman–Crippen MR) is 102 cm³/mol. The molecule has 0 radical (unpaired) electrons. The SMILES string of the molecule is C[C@H](NC(=O)CN)C(=O)N[C@@H](CCCN=C(N)N)C(=O)N[C@@H](CS)C(=O)O. The van der Waals surface area contributed by atoms with Gasteiger partial charge in [0.25, 0.3) is 0 Å². The van der Waals surface area contributed by atoms with Crippen LogP contribution < -0.4 is 33.2 Å². The topological polar surface area (TPSA) is 215 Å². The Labute approximate surface area is 162 Å². The third-order valence-electron chi connectivity index (χ3n) is 3.33. The van der Waals surface area contributed by atoms with Gasteiger partial charge >= 0.3 is 5.97 Å². The molecule has 0 saturated carbocycles. The molecule has 0 aromatic rings. The summed E-state index contributed by atoms with van der Waals surface area (Å²) >= 11 is 3.87. The van der Waals surface area contributed by atoms with Crippen molar-refractivity contribution in [2.45, 2.75) is 37.9 Å². The van der Waals surface area contributed by atoms with Crippen molar-refractivity contribution in [2.75, 3.05) is 18.8 Å². The molecular formula is C14H27N7O5S. The van der Waals surface area contributed by atoms with E-state index in [1.807, 2.05) is 0 Å². The molecule has 154 valence electrons. The Morgan fingerprint density at radius 2 is 1.67 bits per heavy atom. The maximum atomic E-state index is 12.4. The zero-order valence-corrected chi connectivity index (χ0v) is 15.9. The maximum absolute atomic E-state index is 12.4. The predicted octanol–water partition coefficient (Wildman–Crippen LogP) is -3.51. The van der Waals surface area contributed by atoms with Crippen molar-refractivity contribution in [1.29, 1.82) is 0 Å². The third kappa shape index (κ3) is 10.3. The highest BCUT2D eigenvalue weighted by atomic mass is 32.1. The van der Waals surface area contributed by atoms with Crippen molar-refractivity contribution in [3.63, 3.8) is 0 Å². The van der Waals surface area contributed by atoms with E-state index in [0.29, 0.717) is 6.42 Å². The lowest BCUT2D eigenvalue weighted by molar-refractivity contribution is -0.141. The first-order chi connectivity index (χ1) is 12.6. The molecule has 0 saturated heterocycles. The Kier molecular flexibility index (Phi) is 11.6. The minimum atomic E-state index is -1.26. The molecule has 0 aliphatic rings. The molecule has 0 unspecified atom stereocenters. The van der Waals surface area contributed by atoms with Gasteiger partial charge in [-0.15, -0.1) is 0 Å². The molecular weight excluding hydrogens is 378 g/mol. The van der Waals surface area contributed by atoms with Crippen LogP contribution in [0.2, 0.25) is 0 Å². The minimum Gasteiger partial charge on any atom is -0.480 e. The molecule has 27 heavy (non-hydrogen) atoms. The second-order valence-electron chi connectivity index (χ2n) is 5.59. The number of nitrogens with two attached hydrogens (primary N) is 3. The van der Waals surface area contributed by atoms with Crippen LogP contribution in [-0.2, 0) is 19.2 Å². The standard InChI is InChI=1S/C14H27N7O5S/c1-7(19-10(22)5-15)11(23)20-8(3-2-4-18-14(16)17)12(24)21-9(6-27)13(25)26/h7-9,27H,2-6,15H2,1H3,(H,19,22)(H,20,23)(H,21,24)(H,25,26)(H4,16,17,18)/t7-,8-,9-/m0/s1. The Balaban J connectivity index is 5.02. The largest absolute Gasteiger partial charge is 0.480 e. The number of aliphatic imine (C=N–C) groups is 1. The number of carboxylic acid groups (broad SMARTS) is 1. The third-order valence-corrected chi connectivity index (χ3v) is 3.70. The molecule has 0 aromatic heterocycles. The Morgan fingerprint density at radius 1 is 1.07 bits per heavy atom. The fourth-order valence-electron chi connectivity index (χ4n) is 1.89. The number of nitrogens with zero attached hydrogens (tertiary/aromatic N) is 1. The summed E-state index contributed by atoms with van der Waals surface area (Å²) in [5.41, 5.74) is 15.6. The smallest absolute Gasteiger partial charge is 0.327 e. The monoisotopic (exact) mass is 405 g/mol. The first kappa shape index (κ1) is 24.5. The van der Waals surface area contributed by atoms with Crippen LogP contribution >= 0.6 is 12.6 Å². The number of nitrogens with one attached hydrogen (secondary N) is 3. The molecule has 12 nitrogen and oxygen atoms in total. The van der Waals surface area contributed by atoms with E-state index in [4.69, 9.17) is 22.3 Å². The molecule has 0 fully saturated rings. The molecule has 0 aromatic carbocycles. The van der Waals surface area contributed by atoms with Gasteiger partial charge in [-0.3, -0.25) is 19.4 Å². The van der Waals surface area contributed by atoms with E-state index in [2.05, 4.69) is 33.6 Å². The summed E-state index contributed by atoms with van der Waals surface area (Å²) < 4.78 is 0. The number of aliphatic carboxylic acids is 1. The van der Waals surface area contributed by atoms with E-state index in [1.165, 1.54) is 6.92 Å².